The summed E-state index contributed by atoms with van der Waals surface area (Å²) in [5.74, 6) is 0.821. The smallest absolute Gasteiger partial charge is 0.175 e. The van der Waals surface area contributed by atoms with Crippen LogP contribution in [0.3, 0.4) is 0 Å². The molecule has 4 nitrogen and oxygen atoms in total. The molecule has 0 fully saturated rings. The van der Waals surface area contributed by atoms with Gasteiger partial charge in [0.25, 0.3) is 0 Å². The van der Waals surface area contributed by atoms with Gasteiger partial charge in [-0.3, -0.25) is 0 Å². The lowest BCUT2D eigenvalue weighted by Crippen LogP contribution is -2.21. The fourth-order valence-electron chi connectivity index (χ4n) is 3.04. The first-order valence-electron chi connectivity index (χ1n) is 9.83. The Morgan fingerprint density at radius 2 is 1.74 bits per heavy atom. The first-order chi connectivity index (χ1) is 14.6. The van der Waals surface area contributed by atoms with Gasteiger partial charge in [-0.05, 0) is 52.2 Å². The Morgan fingerprint density at radius 1 is 1.03 bits per heavy atom. The average Bonchev–Trinajstić information content (AvgIpc) is 2.75. The molecule has 0 bridgehead atoms. The molecule has 0 spiro atoms. The van der Waals surface area contributed by atoms with E-state index in [0.717, 1.165) is 15.6 Å². The van der Waals surface area contributed by atoms with Crippen LogP contribution in [0.15, 0.2) is 71.2 Å². The van der Waals surface area contributed by atoms with Gasteiger partial charge in [0, 0.05) is 18.7 Å². The summed E-state index contributed by atoms with van der Waals surface area (Å²) in [5.41, 5.74) is 2.33. The number of rotatable bonds is 10. The third-order valence-electron chi connectivity index (χ3n) is 4.55. The number of hydrogen-bond donors (Lipinski definition) is 2. The standard InChI is InChI=1S/C24H25BrFNO3.ClH/c1-2-29-23-13-17(14-27-15-22(28)18-8-4-3-5-9-18)12-20(25)24(23)30-16-19-10-6-7-11-21(19)26;/h3-13,22,27-28H,2,14-16H2,1H3;1H. The van der Waals surface area contributed by atoms with E-state index in [1.54, 1.807) is 18.2 Å². The van der Waals surface area contributed by atoms with Crippen LogP contribution in [-0.2, 0) is 13.2 Å². The van der Waals surface area contributed by atoms with Crippen LogP contribution in [-0.4, -0.2) is 18.3 Å². The minimum Gasteiger partial charge on any atom is -0.490 e. The summed E-state index contributed by atoms with van der Waals surface area (Å²) in [6.07, 6.45) is -0.579. The van der Waals surface area contributed by atoms with E-state index in [1.807, 2.05) is 49.4 Å². The van der Waals surface area contributed by atoms with E-state index in [2.05, 4.69) is 21.2 Å². The van der Waals surface area contributed by atoms with Gasteiger partial charge in [-0.2, -0.15) is 0 Å². The Morgan fingerprint density at radius 3 is 2.45 bits per heavy atom. The Kier molecular flexibility index (Phi) is 10.3. The average molecular weight is 511 g/mol. The van der Waals surface area contributed by atoms with Crippen molar-refractivity contribution < 1.29 is 19.0 Å². The van der Waals surface area contributed by atoms with E-state index in [0.29, 0.717) is 36.8 Å². The van der Waals surface area contributed by atoms with Gasteiger partial charge in [0.1, 0.15) is 12.4 Å². The summed E-state index contributed by atoms with van der Waals surface area (Å²) >= 11 is 3.54. The highest BCUT2D eigenvalue weighted by Crippen LogP contribution is 2.37. The molecule has 1 unspecified atom stereocenters. The lowest BCUT2D eigenvalue weighted by atomic mass is 10.1. The van der Waals surface area contributed by atoms with Crippen LogP contribution in [0.2, 0.25) is 0 Å². The molecular weight excluding hydrogens is 485 g/mol. The third kappa shape index (κ3) is 7.21. The number of hydrogen-bond acceptors (Lipinski definition) is 4. The summed E-state index contributed by atoms with van der Waals surface area (Å²) in [6.45, 7) is 3.46. The van der Waals surface area contributed by atoms with Crippen molar-refractivity contribution in [1.82, 2.24) is 5.32 Å². The second kappa shape index (κ2) is 12.7. The Balaban J connectivity index is 0.00000341. The van der Waals surface area contributed by atoms with Crippen molar-refractivity contribution in [2.24, 2.45) is 0 Å². The number of benzene rings is 3. The summed E-state index contributed by atoms with van der Waals surface area (Å²) < 4.78 is 26.2. The summed E-state index contributed by atoms with van der Waals surface area (Å²) in [6, 6.07) is 19.9. The molecule has 2 N–H and O–H groups in total. The van der Waals surface area contributed by atoms with Gasteiger partial charge in [-0.1, -0.05) is 48.5 Å². The monoisotopic (exact) mass is 509 g/mol. The van der Waals surface area contributed by atoms with Crippen LogP contribution in [0, 0.1) is 5.82 Å². The van der Waals surface area contributed by atoms with Gasteiger partial charge in [-0.25, -0.2) is 4.39 Å². The van der Waals surface area contributed by atoms with Crippen molar-refractivity contribution in [1.29, 1.82) is 0 Å². The molecular formula is C24H26BrClFNO3. The Hall–Kier alpha value is -2.12. The van der Waals surface area contributed by atoms with Gasteiger partial charge in [0.05, 0.1) is 17.2 Å². The Bertz CT molecular complexity index is 959. The van der Waals surface area contributed by atoms with E-state index in [-0.39, 0.29) is 24.8 Å². The summed E-state index contributed by atoms with van der Waals surface area (Å²) in [4.78, 5) is 0. The van der Waals surface area contributed by atoms with Gasteiger partial charge in [0.15, 0.2) is 11.5 Å². The lowest BCUT2D eigenvalue weighted by molar-refractivity contribution is 0.174. The first-order valence-corrected chi connectivity index (χ1v) is 10.6. The molecule has 7 heteroatoms. The highest BCUT2D eigenvalue weighted by Gasteiger charge is 2.14. The van der Waals surface area contributed by atoms with Gasteiger partial charge < -0.3 is 19.9 Å². The minimum atomic E-state index is -0.579. The molecule has 31 heavy (non-hydrogen) atoms. The molecule has 0 aromatic heterocycles. The number of ether oxygens (including phenoxy) is 2. The maximum absolute atomic E-state index is 13.9. The van der Waals surface area contributed by atoms with Gasteiger partial charge in [-0.15, -0.1) is 12.4 Å². The van der Waals surface area contributed by atoms with Crippen LogP contribution in [0.4, 0.5) is 4.39 Å². The van der Waals surface area contributed by atoms with Crippen molar-refractivity contribution in [3.8, 4) is 11.5 Å². The van der Waals surface area contributed by atoms with E-state index < -0.39 is 6.10 Å². The van der Waals surface area contributed by atoms with Crippen molar-refractivity contribution in [3.05, 3.63) is 93.7 Å². The normalized spacial score (nSPS) is 11.5. The first kappa shape index (κ1) is 25.1. The van der Waals surface area contributed by atoms with Gasteiger partial charge >= 0.3 is 0 Å². The molecule has 0 heterocycles. The van der Waals surface area contributed by atoms with Crippen molar-refractivity contribution in [2.45, 2.75) is 26.2 Å². The largest absolute Gasteiger partial charge is 0.490 e. The van der Waals surface area contributed by atoms with Crippen LogP contribution >= 0.6 is 28.3 Å². The number of halogens is 3. The predicted molar refractivity (Wildman–Crippen MR) is 126 cm³/mol. The molecule has 0 saturated heterocycles. The molecule has 0 aliphatic heterocycles. The highest BCUT2D eigenvalue weighted by molar-refractivity contribution is 9.10. The van der Waals surface area contributed by atoms with Crippen molar-refractivity contribution >= 4 is 28.3 Å². The van der Waals surface area contributed by atoms with E-state index in [1.165, 1.54) is 6.07 Å². The highest BCUT2D eigenvalue weighted by atomic mass is 79.9. The van der Waals surface area contributed by atoms with Crippen LogP contribution in [0.1, 0.15) is 29.7 Å². The fraction of sp³-hybridized carbons (Fsp3) is 0.250. The number of aliphatic hydroxyl groups excluding tert-OH is 1. The summed E-state index contributed by atoms with van der Waals surface area (Å²) in [5, 5.41) is 13.6. The number of nitrogens with one attached hydrogen (secondary N) is 1. The molecule has 1 atom stereocenters. The van der Waals surface area contributed by atoms with Crippen molar-refractivity contribution in [3.63, 3.8) is 0 Å². The zero-order valence-corrected chi connectivity index (χ0v) is 19.6. The summed E-state index contributed by atoms with van der Waals surface area (Å²) in [7, 11) is 0. The van der Waals surface area contributed by atoms with E-state index >= 15 is 0 Å². The van der Waals surface area contributed by atoms with Gasteiger partial charge in [0.2, 0.25) is 0 Å². The SMILES string of the molecule is CCOc1cc(CNCC(O)c2ccccc2)cc(Br)c1OCc1ccccc1F.Cl. The third-order valence-corrected chi connectivity index (χ3v) is 5.14. The molecule has 0 saturated carbocycles. The lowest BCUT2D eigenvalue weighted by Gasteiger charge is -2.17. The maximum atomic E-state index is 13.9. The molecule has 0 aliphatic carbocycles. The zero-order chi connectivity index (χ0) is 21.3. The zero-order valence-electron chi connectivity index (χ0n) is 17.2. The predicted octanol–water partition coefficient (Wildman–Crippen LogP) is 5.81. The topological polar surface area (TPSA) is 50.7 Å². The molecule has 3 rings (SSSR count). The van der Waals surface area contributed by atoms with Crippen LogP contribution in [0.25, 0.3) is 0 Å². The second-order valence-corrected chi connectivity index (χ2v) is 7.63. The Labute approximate surface area is 196 Å². The molecule has 166 valence electrons. The van der Waals surface area contributed by atoms with Crippen molar-refractivity contribution in [2.75, 3.05) is 13.2 Å². The maximum Gasteiger partial charge on any atom is 0.175 e. The minimum absolute atomic E-state index is 0. The van der Waals surface area contributed by atoms with E-state index in [9.17, 15) is 9.50 Å². The second-order valence-electron chi connectivity index (χ2n) is 6.78. The molecule has 0 amide bonds. The molecule has 0 aliphatic rings. The molecule has 0 radical (unpaired) electrons. The fourth-order valence-corrected chi connectivity index (χ4v) is 3.64. The number of aliphatic hydroxyl groups is 1. The quantitative estimate of drug-likeness (QED) is 0.361. The van der Waals surface area contributed by atoms with Crippen LogP contribution in [0.5, 0.6) is 11.5 Å². The van der Waals surface area contributed by atoms with Crippen LogP contribution < -0.4 is 14.8 Å². The van der Waals surface area contributed by atoms with E-state index in [4.69, 9.17) is 9.47 Å². The molecule has 3 aromatic carbocycles. The molecule has 3 aromatic rings.